The lowest BCUT2D eigenvalue weighted by molar-refractivity contribution is -0.228. The Morgan fingerprint density at radius 2 is 0.948 bits per heavy atom. The van der Waals surface area contributed by atoms with Gasteiger partial charge in [0.25, 0.3) is 13.7 Å². The quantitative estimate of drug-likeness (QED) is 0.0592. The van der Waals surface area contributed by atoms with Gasteiger partial charge in [0.1, 0.15) is 12.2 Å². The summed E-state index contributed by atoms with van der Waals surface area (Å²) in [5, 5.41) is 42.0. The highest BCUT2D eigenvalue weighted by atomic mass is 31.2. The normalized spacial score (nSPS) is 11.6. The predicted octanol–water partition coefficient (Wildman–Crippen LogP) is 2.20. The highest BCUT2D eigenvalue weighted by Gasteiger charge is 2.29. The standard InChI is InChI=1S/C47H48NO9P/c1-3-5-7-9-11-13-15-17-18-19-20-21-22-23-24-25-26-27-29-31-33-35-37-39-46(52)48-44(42-57-58(54,55)56-41-43(50)40-49)47(53)45(51)38-36-34-32-30-28-16-14-12-10-8-6-4-2/h43-45,47,49-51,53H,4,6,8,10,12,14,16,28,30,32,34,36,38,40-42H2,1-2H3,(H,48,52)(H,54,55)/p-1/t43-,44-,45+,47-/m0/s1. The molecule has 0 fully saturated rings. The number of rotatable bonds is 23. The van der Waals surface area contributed by atoms with Gasteiger partial charge in [-0.15, -0.1) is 0 Å². The fourth-order valence-electron chi connectivity index (χ4n) is 4.28. The lowest BCUT2D eigenvalue weighted by Crippen LogP contribution is -2.51. The van der Waals surface area contributed by atoms with E-state index in [1.165, 1.54) is 44.9 Å². The first-order valence-electron chi connectivity index (χ1n) is 18.6. The van der Waals surface area contributed by atoms with E-state index in [4.69, 9.17) is 9.63 Å². The Morgan fingerprint density at radius 3 is 1.34 bits per heavy atom. The van der Waals surface area contributed by atoms with Crippen LogP contribution in [0.5, 0.6) is 0 Å². The first-order valence-corrected chi connectivity index (χ1v) is 20.1. The molecule has 0 aliphatic heterocycles. The van der Waals surface area contributed by atoms with Gasteiger partial charge in [-0.3, -0.25) is 9.36 Å². The summed E-state index contributed by atoms with van der Waals surface area (Å²) in [5.74, 6) is 57.8. The van der Waals surface area contributed by atoms with Crippen molar-refractivity contribution in [2.24, 2.45) is 0 Å². The number of aliphatic hydroxyl groups is 4. The zero-order chi connectivity index (χ0) is 42.8. The van der Waals surface area contributed by atoms with Gasteiger partial charge in [0.05, 0.1) is 32.0 Å². The summed E-state index contributed by atoms with van der Waals surface area (Å²) in [7, 11) is -5.02. The Kier molecular flexibility index (Phi) is 34.2. The van der Waals surface area contributed by atoms with Crippen LogP contribution in [0.3, 0.4) is 0 Å². The van der Waals surface area contributed by atoms with E-state index in [1.807, 2.05) is 0 Å². The van der Waals surface area contributed by atoms with Crippen molar-refractivity contribution >= 4 is 13.7 Å². The van der Waals surface area contributed by atoms with Crippen molar-refractivity contribution in [1.82, 2.24) is 5.32 Å². The van der Waals surface area contributed by atoms with E-state index in [2.05, 4.69) is 159 Å². The van der Waals surface area contributed by atoms with Gasteiger partial charge in [-0.25, -0.2) is 0 Å². The maximum Gasteiger partial charge on any atom is 0.297 e. The van der Waals surface area contributed by atoms with E-state index in [0.717, 1.165) is 25.7 Å². The molecule has 5 N–H and O–H groups in total. The topological polar surface area (TPSA) is 169 Å². The second-order valence-corrected chi connectivity index (χ2v) is 13.2. The van der Waals surface area contributed by atoms with Crippen molar-refractivity contribution in [3.05, 3.63) is 0 Å². The van der Waals surface area contributed by atoms with Gasteiger partial charge >= 0.3 is 0 Å². The zero-order valence-corrected chi connectivity index (χ0v) is 33.8. The maximum absolute atomic E-state index is 12.5. The van der Waals surface area contributed by atoms with Gasteiger partial charge in [-0.2, -0.15) is 0 Å². The molecule has 1 amide bonds. The molecular formula is C47H47NO9P-. The number of carbonyl (C=O) groups is 1. The van der Waals surface area contributed by atoms with Crippen molar-refractivity contribution < 1.29 is 43.7 Å². The van der Waals surface area contributed by atoms with E-state index in [1.54, 1.807) is 6.92 Å². The molecule has 5 atom stereocenters. The van der Waals surface area contributed by atoms with Crippen LogP contribution < -0.4 is 10.2 Å². The summed E-state index contributed by atoms with van der Waals surface area (Å²) in [4.78, 5) is 24.6. The minimum Gasteiger partial charge on any atom is -0.756 e. The monoisotopic (exact) mass is 800 g/mol. The van der Waals surface area contributed by atoms with Crippen LogP contribution in [0.1, 0.15) is 97.3 Å². The Hall–Kier alpha value is -5.86. The predicted molar refractivity (Wildman–Crippen MR) is 221 cm³/mol. The van der Waals surface area contributed by atoms with Gasteiger partial charge in [0, 0.05) is 41.4 Å². The van der Waals surface area contributed by atoms with Gasteiger partial charge in [-0.1, -0.05) is 89.9 Å². The SMILES string of the molecule is CC#CC#CC#CC#CC#CC#CC#CC#CC#CC#CC#CC#CC(=O)N[C@@H](COP(=O)([O-])OC[C@@H](O)CO)[C@H](O)[C@H](O)CCCCCCCCCCCCCC. The van der Waals surface area contributed by atoms with Crippen molar-refractivity contribution in [3.63, 3.8) is 0 Å². The van der Waals surface area contributed by atoms with Gasteiger partial charge in [0.2, 0.25) is 0 Å². The minimum atomic E-state index is -5.02. The second kappa shape index (κ2) is 38.0. The third kappa shape index (κ3) is 34.6. The van der Waals surface area contributed by atoms with Crippen LogP contribution in [0, 0.1) is 142 Å². The third-order valence-electron chi connectivity index (χ3n) is 7.14. The molecule has 58 heavy (non-hydrogen) atoms. The van der Waals surface area contributed by atoms with Crippen LogP contribution in [0.2, 0.25) is 0 Å². The molecule has 1 unspecified atom stereocenters. The first kappa shape index (κ1) is 52.1. The number of hydrogen-bond donors (Lipinski definition) is 5. The minimum absolute atomic E-state index is 0.197. The largest absolute Gasteiger partial charge is 0.756 e. The van der Waals surface area contributed by atoms with Gasteiger partial charge < -0.3 is 39.7 Å². The van der Waals surface area contributed by atoms with E-state index in [9.17, 15) is 29.6 Å². The zero-order valence-electron chi connectivity index (χ0n) is 32.9. The molecule has 0 saturated heterocycles. The lowest BCUT2D eigenvalue weighted by Gasteiger charge is -2.30. The molecule has 0 aliphatic carbocycles. The molecule has 10 nitrogen and oxygen atoms in total. The van der Waals surface area contributed by atoms with Crippen LogP contribution in [-0.4, -0.2) is 70.5 Å². The molecule has 300 valence electrons. The fourth-order valence-corrected chi connectivity index (χ4v) is 5.05. The summed E-state index contributed by atoms with van der Waals surface area (Å²) >= 11 is 0. The van der Waals surface area contributed by atoms with Crippen LogP contribution in [0.4, 0.5) is 0 Å². The highest BCUT2D eigenvalue weighted by molar-refractivity contribution is 7.45. The maximum atomic E-state index is 12.5. The summed E-state index contributed by atoms with van der Waals surface area (Å²) in [5.41, 5.74) is 0. The molecule has 0 aromatic carbocycles. The number of hydrogen-bond acceptors (Lipinski definition) is 9. The van der Waals surface area contributed by atoms with Gasteiger partial charge in [0.15, 0.2) is 0 Å². The number of nitrogens with one attached hydrogen (secondary N) is 1. The average Bonchev–Trinajstić information content (AvgIpc) is 3.21. The molecule has 0 bridgehead atoms. The average molecular weight is 801 g/mol. The smallest absolute Gasteiger partial charge is 0.297 e. The summed E-state index contributed by atoms with van der Waals surface area (Å²) in [6, 6.07) is -1.42. The molecule has 0 aromatic heterocycles. The van der Waals surface area contributed by atoms with E-state index in [0.29, 0.717) is 6.42 Å². The molecular weight excluding hydrogens is 753 g/mol. The molecule has 0 rings (SSSR count). The lowest BCUT2D eigenvalue weighted by atomic mass is 9.99. The Morgan fingerprint density at radius 1 is 0.586 bits per heavy atom. The number of unbranched alkanes of at least 4 members (excludes halogenated alkanes) is 11. The molecule has 0 aliphatic rings. The van der Waals surface area contributed by atoms with Crippen molar-refractivity contribution in [1.29, 1.82) is 0 Å². The first-order chi connectivity index (χ1) is 28.2. The Labute approximate surface area is 345 Å². The van der Waals surface area contributed by atoms with Crippen LogP contribution in [0.25, 0.3) is 0 Å². The highest BCUT2D eigenvalue weighted by Crippen LogP contribution is 2.38. The summed E-state index contributed by atoms with van der Waals surface area (Å²) in [6.45, 7) is 1.55. The Bertz CT molecular complexity index is 2120. The second-order valence-electron chi connectivity index (χ2n) is 11.8. The van der Waals surface area contributed by atoms with Crippen LogP contribution >= 0.6 is 7.82 Å². The molecule has 0 saturated carbocycles. The molecule has 0 radical (unpaired) electrons. The van der Waals surface area contributed by atoms with Gasteiger partial charge in [-0.05, 0) is 108 Å². The number of amides is 1. The van der Waals surface area contributed by atoms with Crippen LogP contribution in [-0.2, 0) is 18.4 Å². The van der Waals surface area contributed by atoms with Crippen LogP contribution in [0.15, 0.2) is 0 Å². The van der Waals surface area contributed by atoms with E-state index in [-0.39, 0.29) is 6.42 Å². The Balaban J connectivity index is 5.11. The molecule has 0 aromatic rings. The number of phosphoric acid groups is 1. The number of aliphatic hydroxyl groups excluding tert-OH is 4. The summed E-state index contributed by atoms with van der Waals surface area (Å²) in [6.07, 6.45) is 9.24. The molecule has 0 heterocycles. The number of carbonyl (C=O) groups excluding carboxylic acids is 1. The van der Waals surface area contributed by atoms with Crippen molar-refractivity contribution in [2.75, 3.05) is 19.8 Å². The van der Waals surface area contributed by atoms with Crippen molar-refractivity contribution in [2.45, 2.75) is 122 Å². The number of phosphoric ester groups is 1. The molecule has 11 heteroatoms. The fraction of sp³-hybridized carbons (Fsp3) is 0.468. The van der Waals surface area contributed by atoms with E-state index >= 15 is 0 Å². The third-order valence-corrected chi connectivity index (χ3v) is 8.07. The summed E-state index contributed by atoms with van der Waals surface area (Å²) < 4.78 is 21.4. The molecule has 0 spiro atoms. The van der Waals surface area contributed by atoms with E-state index < -0.39 is 57.9 Å². The van der Waals surface area contributed by atoms with Crippen molar-refractivity contribution in [3.8, 4) is 142 Å².